The average molecular weight is 362 g/mol. The van der Waals surface area contributed by atoms with Crippen LogP contribution in [0.3, 0.4) is 0 Å². The van der Waals surface area contributed by atoms with E-state index in [1.54, 1.807) is 0 Å². The summed E-state index contributed by atoms with van der Waals surface area (Å²) in [6.45, 7) is 3.16. The normalized spacial score (nSPS) is 29.4. The van der Waals surface area contributed by atoms with Crippen LogP contribution in [-0.2, 0) is 14.6 Å². The minimum Gasteiger partial charge on any atom is -0.381 e. The largest absolute Gasteiger partial charge is 0.381 e. The quantitative estimate of drug-likeness (QED) is 0.840. The molecule has 0 spiro atoms. The second-order valence-electron chi connectivity index (χ2n) is 5.35. The van der Waals surface area contributed by atoms with Gasteiger partial charge in [0.05, 0.1) is 11.9 Å². The minimum absolute atomic E-state index is 0.0813. The summed E-state index contributed by atoms with van der Waals surface area (Å²) < 4.78 is 30.6. The Kier molecular flexibility index (Phi) is 4.59. The highest BCUT2D eigenvalue weighted by Crippen LogP contribution is 2.62. The molecule has 0 amide bonds. The van der Waals surface area contributed by atoms with E-state index in [4.69, 9.17) is 10.5 Å². The van der Waals surface area contributed by atoms with E-state index in [0.29, 0.717) is 19.8 Å². The van der Waals surface area contributed by atoms with Gasteiger partial charge in [-0.3, -0.25) is 0 Å². The van der Waals surface area contributed by atoms with Crippen molar-refractivity contribution >= 4 is 25.8 Å². The predicted molar refractivity (Wildman–Crippen MR) is 83.5 cm³/mol. The van der Waals surface area contributed by atoms with Gasteiger partial charge in [0.1, 0.15) is 0 Å². The van der Waals surface area contributed by atoms with Crippen LogP contribution in [0.1, 0.15) is 18.4 Å². The fourth-order valence-electron chi connectivity index (χ4n) is 3.07. The van der Waals surface area contributed by atoms with E-state index in [1.165, 1.54) is 6.26 Å². The number of benzene rings is 1. The Morgan fingerprint density at radius 3 is 2.40 bits per heavy atom. The molecule has 1 aliphatic carbocycles. The highest BCUT2D eigenvalue weighted by Gasteiger charge is 2.69. The number of ether oxygens (including phenoxy) is 1. The molecule has 0 heterocycles. The van der Waals surface area contributed by atoms with Crippen LogP contribution < -0.4 is 5.73 Å². The van der Waals surface area contributed by atoms with Crippen molar-refractivity contribution in [3.05, 3.63) is 34.3 Å². The summed E-state index contributed by atoms with van der Waals surface area (Å²) in [7, 11) is -3.16. The summed E-state index contributed by atoms with van der Waals surface area (Å²) in [6, 6.07) is 7.76. The molecule has 1 aromatic rings. The molecule has 6 heteroatoms. The lowest BCUT2D eigenvalue weighted by Gasteiger charge is -2.15. The van der Waals surface area contributed by atoms with Gasteiger partial charge in [-0.05, 0) is 24.6 Å². The van der Waals surface area contributed by atoms with Gasteiger partial charge in [0.2, 0.25) is 0 Å². The first-order valence-electron chi connectivity index (χ1n) is 6.59. The number of nitrogens with two attached hydrogens (primary N) is 1. The van der Waals surface area contributed by atoms with E-state index in [1.807, 2.05) is 31.2 Å². The number of rotatable bonds is 6. The molecule has 3 unspecified atom stereocenters. The monoisotopic (exact) mass is 361 g/mol. The van der Waals surface area contributed by atoms with Gasteiger partial charge in [0.15, 0.2) is 9.84 Å². The zero-order valence-corrected chi connectivity index (χ0v) is 14.1. The first-order valence-corrected chi connectivity index (χ1v) is 9.33. The van der Waals surface area contributed by atoms with Crippen molar-refractivity contribution in [2.24, 2.45) is 11.1 Å². The molecule has 4 nitrogen and oxygen atoms in total. The Morgan fingerprint density at radius 2 is 1.95 bits per heavy atom. The van der Waals surface area contributed by atoms with Gasteiger partial charge in [0.25, 0.3) is 0 Å². The van der Waals surface area contributed by atoms with Crippen LogP contribution in [0, 0.1) is 5.41 Å². The Morgan fingerprint density at radius 1 is 1.35 bits per heavy atom. The van der Waals surface area contributed by atoms with Gasteiger partial charge in [-0.1, -0.05) is 28.1 Å². The smallest absolute Gasteiger partial charge is 0.151 e. The van der Waals surface area contributed by atoms with Gasteiger partial charge in [-0.2, -0.15) is 0 Å². The van der Waals surface area contributed by atoms with Gasteiger partial charge < -0.3 is 10.5 Å². The molecular formula is C14H20BrNO3S. The molecule has 0 aromatic heterocycles. The summed E-state index contributed by atoms with van der Waals surface area (Å²) in [5, 5.41) is -0.451. The molecular weight excluding hydrogens is 342 g/mol. The maximum atomic E-state index is 12.1. The molecule has 112 valence electrons. The van der Waals surface area contributed by atoms with E-state index < -0.39 is 20.5 Å². The molecule has 1 aliphatic rings. The van der Waals surface area contributed by atoms with Crippen molar-refractivity contribution in [2.45, 2.75) is 18.1 Å². The molecule has 0 bridgehead atoms. The molecule has 0 radical (unpaired) electrons. The molecule has 0 saturated heterocycles. The van der Waals surface area contributed by atoms with Crippen LogP contribution in [-0.4, -0.2) is 39.7 Å². The summed E-state index contributed by atoms with van der Waals surface area (Å²) in [6.07, 6.45) is 1.28. The summed E-state index contributed by atoms with van der Waals surface area (Å²) >= 11 is 3.39. The van der Waals surface area contributed by atoms with Gasteiger partial charge in [-0.15, -0.1) is 0 Å². The van der Waals surface area contributed by atoms with E-state index in [0.717, 1.165) is 10.0 Å². The third kappa shape index (κ3) is 2.79. The van der Waals surface area contributed by atoms with E-state index in [2.05, 4.69) is 15.9 Å². The molecule has 2 rings (SSSR count). The van der Waals surface area contributed by atoms with Crippen molar-refractivity contribution in [3.8, 4) is 0 Å². The fourth-order valence-corrected chi connectivity index (χ4v) is 5.34. The standard InChI is InChI=1S/C14H20BrNO3S/c1-3-19-9-14(8-16)12(13(14)20(2,17)18)10-4-6-11(15)7-5-10/h4-7,12-13H,3,8-9,16H2,1-2H3. The second-order valence-corrected chi connectivity index (χ2v) is 8.44. The lowest BCUT2D eigenvalue weighted by molar-refractivity contribution is 0.101. The Labute approximate surface area is 128 Å². The molecule has 1 saturated carbocycles. The predicted octanol–water partition coefficient (Wildman–Crippen LogP) is 1.94. The maximum Gasteiger partial charge on any atom is 0.151 e. The zero-order chi connectivity index (χ0) is 15.0. The lowest BCUT2D eigenvalue weighted by Crippen LogP contribution is -2.28. The number of sulfone groups is 1. The summed E-state index contributed by atoms with van der Waals surface area (Å²) in [5.41, 5.74) is 6.42. The highest BCUT2D eigenvalue weighted by molar-refractivity contribution is 9.10. The van der Waals surface area contributed by atoms with E-state index in [-0.39, 0.29) is 5.92 Å². The number of hydrogen-bond acceptors (Lipinski definition) is 4. The van der Waals surface area contributed by atoms with Gasteiger partial charge in [0, 0.05) is 35.2 Å². The lowest BCUT2D eigenvalue weighted by atomic mass is 10.00. The minimum atomic E-state index is -3.16. The summed E-state index contributed by atoms with van der Waals surface area (Å²) in [4.78, 5) is 0. The topological polar surface area (TPSA) is 69.4 Å². The van der Waals surface area contributed by atoms with Crippen LogP contribution in [0.15, 0.2) is 28.7 Å². The molecule has 3 atom stereocenters. The first kappa shape index (κ1) is 15.9. The fraction of sp³-hybridized carbons (Fsp3) is 0.571. The van der Waals surface area contributed by atoms with Crippen LogP contribution in [0.25, 0.3) is 0 Å². The van der Waals surface area contributed by atoms with Crippen molar-refractivity contribution in [2.75, 3.05) is 26.0 Å². The van der Waals surface area contributed by atoms with Crippen molar-refractivity contribution in [3.63, 3.8) is 0 Å². The summed E-state index contributed by atoms with van der Waals surface area (Å²) in [5.74, 6) is -0.0813. The number of halogens is 1. The third-order valence-corrected chi connectivity index (χ3v) is 6.22. The molecule has 2 N–H and O–H groups in total. The van der Waals surface area contributed by atoms with Gasteiger partial charge in [-0.25, -0.2) is 8.42 Å². The third-order valence-electron chi connectivity index (χ3n) is 4.02. The maximum absolute atomic E-state index is 12.1. The van der Waals surface area contributed by atoms with Gasteiger partial charge >= 0.3 is 0 Å². The first-order chi connectivity index (χ1) is 9.36. The van der Waals surface area contributed by atoms with Crippen LogP contribution in [0.5, 0.6) is 0 Å². The van der Waals surface area contributed by atoms with Crippen LogP contribution in [0.4, 0.5) is 0 Å². The highest BCUT2D eigenvalue weighted by atomic mass is 79.9. The van der Waals surface area contributed by atoms with Crippen molar-refractivity contribution < 1.29 is 13.2 Å². The Bertz CT molecular complexity index is 573. The molecule has 0 aliphatic heterocycles. The molecule has 1 aromatic carbocycles. The molecule has 20 heavy (non-hydrogen) atoms. The average Bonchev–Trinajstić information content (AvgIpc) is 3.07. The van der Waals surface area contributed by atoms with Crippen molar-refractivity contribution in [1.29, 1.82) is 0 Å². The zero-order valence-electron chi connectivity index (χ0n) is 11.7. The molecule has 1 fully saturated rings. The number of hydrogen-bond donors (Lipinski definition) is 1. The van der Waals surface area contributed by atoms with Crippen molar-refractivity contribution in [1.82, 2.24) is 0 Å². The van der Waals surface area contributed by atoms with Crippen LogP contribution in [0.2, 0.25) is 0 Å². The van der Waals surface area contributed by atoms with E-state index >= 15 is 0 Å². The van der Waals surface area contributed by atoms with E-state index in [9.17, 15) is 8.42 Å². The Balaban J connectivity index is 2.36. The van der Waals surface area contributed by atoms with Crippen LogP contribution >= 0.6 is 15.9 Å². The SMILES string of the molecule is CCOCC1(CN)C(c2ccc(Br)cc2)C1S(C)(=O)=O. The Hall–Kier alpha value is -0.430. The second kappa shape index (κ2) is 5.75.